The van der Waals surface area contributed by atoms with Gasteiger partial charge in [0.1, 0.15) is 0 Å². The molecule has 3 nitrogen and oxygen atoms in total. The van der Waals surface area contributed by atoms with Gasteiger partial charge in [-0.1, -0.05) is 18.2 Å². The summed E-state index contributed by atoms with van der Waals surface area (Å²) in [5, 5.41) is 0. The van der Waals surface area contributed by atoms with Crippen molar-refractivity contribution >= 4 is 5.97 Å². The van der Waals surface area contributed by atoms with E-state index in [2.05, 4.69) is 6.07 Å². The number of aryl methyl sites for hydroxylation is 1. The number of rotatable bonds is 2. The van der Waals surface area contributed by atoms with Gasteiger partial charge in [0, 0.05) is 6.04 Å². The molecule has 0 radical (unpaired) electrons. The summed E-state index contributed by atoms with van der Waals surface area (Å²) in [7, 11) is 1.42. The lowest BCUT2D eigenvalue weighted by Gasteiger charge is -2.23. The van der Waals surface area contributed by atoms with Crippen molar-refractivity contribution in [2.45, 2.75) is 31.7 Å². The number of ether oxygens (including phenoxy) is 1. The summed E-state index contributed by atoms with van der Waals surface area (Å²) in [6.45, 7) is 0. The Hall–Kier alpha value is -1.35. The van der Waals surface area contributed by atoms with Gasteiger partial charge < -0.3 is 10.5 Å². The third-order valence-electron chi connectivity index (χ3n) is 3.18. The fraction of sp³-hybridized carbons (Fsp3) is 0.462. The molecule has 0 aliphatic heterocycles. The van der Waals surface area contributed by atoms with E-state index in [0.29, 0.717) is 6.42 Å². The third kappa shape index (κ3) is 2.25. The zero-order valence-electron chi connectivity index (χ0n) is 9.53. The van der Waals surface area contributed by atoms with E-state index in [1.807, 2.05) is 12.1 Å². The number of hydrogen-bond donors (Lipinski definition) is 1. The van der Waals surface area contributed by atoms with Crippen molar-refractivity contribution in [3.05, 3.63) is 34.9 Å². The van der Waals surface area contributed by atoms with Crippen LogP contribution in [0.5, 0.6) is 0 Å². The average molecular weight is 219 g/mol. The first-order valence-corrected chi connectivity index (χ1v) is 5.62. The van der Waals surface area contributed by atoms with Crippen LogP contribution in [0.2, 0.25) is 0 Å². The fourth-order valence-corrected chi connectivity index (χ4v) is 2.28. The number of fused-ring (bicyclic) bond motifs is 1. The summed E-state index contributed by atoms with van der Waals surface area (Å²) in [6, 6.07) is 6.36. The van der Waals surface area contributed by atoms with Gasteiger partial charge >= 0.3 is 5.97 Å². The van der Waals surface area contributed by atoms with Gasteiger partial charge in [-0.2, -0.15) is 0 Å². The van der Waals surface area contributed by atoms with E-state index in [1.165, 1.54) is 18.2 Å². The Morgan fingerprint density at radius 2 is 2.38 bits per heavy atom. The number of methoxy groups -OCH3 is 1. The first kappa shape index (κ1) is 11.1. The van der Waals surface area contributed by atoms with E-state index >= 15 is 0 Å². The van der Waals surface area contributed by atoms with Gasteiger partial charge in [0.25, 0.3) is 0 Å². The molecule has 0 fully saturated rings. The smallest absolute Gasteiger partial charge is 0.309 e. The second kappa shape index (κ2) is 4.66. The van der Waals surface area contributed by atoms with Crippen LogP contribution in [0.3, 0.4) is 0 Å². The summed E-state index contributed by atoms with van der Waals surface area (Å²) in [6.07, 6.45) is 3.29. The molecule has 2 N–H and O–H groups in total. The molecular weight excluding hydrogens is 202 g/mol. The van der Waals surface area contributed by atoms with Crippen molar-refractivity contribution in [1.82, 2.24) is 0 Å². The molecule has 0 heterocycles. The van der Waals surface area contributed by atoms with Gasteiger partial charge in [-0.25, -0.2) is 0 Å². The second-order valence-electron chi connectivity index (χ2n) is 4.31. The minimum atomic E-state index is -0.187. The van der Waals surface area contributed by atoms with E-state index < -0.39 is 0 Å². The molecule has 1 aromatic rings. The monoisotopic (exact) mass is 219 g/mol. The molecule has 2 rings (SSSR count). The Morgan fingerprint density at radius 1 is 1.56 bits per heavy atom. The summed E-state index contributed by atoms with van der Waals surface area (Å²) in [4.78, 5) is 11.3. The van der Waals surface area contributed by atoms with Crippen LogP contribution in [-0.2, 0) is 28.8 Å². The maximum absolute atomic E-state index is 11.3. The van der Waals surface area contributed by atoms with Crippen LogP contribution in [0.4, 0.5) is 0 Å². The van der Waals surface area contributed by atoms with Crippen molar-refractivity contribution in [3.8, 4) is 0 Å². The molecule has 16 heavy (non-hydrogen) atoms. The molecule has 1 unspecified atom stereocenters. The van der Waals surface area contributed by atoms with Crippen LogP contribution in [0.15, 0.2) is 18.2 Å². The molecular formula is C13H17NO2. The molecule has 0 bridgehead atoms. The van der Waals surface area contributed by atoms with Crippen molar-refractivity contribution in [2.24, 2.45) is 5.73 Å². The van der Waals surface area contributed by atoms with Crippen LogP contribution in [-0.4, -0.2) is 19.1 Å². The molecule has 0 spiro atoms. The lowest BCUT2D eigenvalue weighted by molar-refractivity contribution is -0.139. The molecule has 1 atom stereocenters. The topological polar surface area (TPSA) is 52.3 Å². The van der Waals surface area contributed by atoms with E-state index in [4.69, 9.17) is 10.5 Å². The highest BCUT2D eigenvalue weighted by molar-refractivity contribution is 5.73. The molecule has 3 heteroatoms. The highest BCUT2D eigenvalue weighted by Gasteiger charge is 2.19. The van der Waals surface area contributed by atoms with E-state index in [-0.39, 0.29) is 12.0 Å². The lowest BCUT2D eigenvalue weighted by atomic mass is 9.85. The Labute approximate surface area is 95.6 Å². The van der Waals surface area contributed by atoms with Gasteiger partial charge in [-0.15, -0.1) is 0 Å². The second-order valence-corrected chi connectivity index (χ2v) is 4.31. The maximum atomic E-state index is 11.3. The average Bonchev–Trinajstić information content (AvgIpc) is 2.29. The van der Waals surface area contributed by atoms with Crippen LogP contribution in [0, 0.1) is 0 Å². The van der Waals surface area contributed by atoms with E-state index in [0.717, 1.165) is 24.8 Å². The predicted octanol–water partition coefficient (Wildman–Crippen LogP) is 1.22. The van der Waals surface area contributed by atoms with Crippen LogP contribution in [0.25, 0.3) is 0 Å². The number of carbonyl (C=O) groups is 1. The molecule has 1 aliphatic carbocycles. The van der Waals surface area contributed by atoms with Crippen LogP contribution < -0.4 is 5.73 Å². The molecule has 1 aromatic carbocycles. The number of hydrogen-bond acceptors (Lipinski definition) is 3. The Morgan fingerprint density at radius 3 is 3.12 bits per heavy atom. The third-order valence-corrected chi connectivity index (χ3v) is 3.18. The van der Waals surface area contributed by atoms with Gasteiger partial charge in [0.05, 0.1) is 13.5 Å². The van der Waals surface area contributed by atoms with Gasteiger partial charge in [0.15, 0.2) is 0 Å². The summed E-state index contributed by atoms with van der Waals surface area (Å²) >= 11 is 0. The number of carbonyl (C=O) groups excluding carboxylic acids is 1. The standard InChI is InChI=1S/C13H17NO2/c1-16-13(15)7-10-4-2-3-9-5-6-11(14)8-12(9)10/h2-4,11H,5-8,14H2,1H3. The van der Waals surface area contributed by atoms with E-state index in [9.17, 15) is 4.79 Å². The zero-order chi connectivity index (χ0) is 11.5. The zero-order valence-corrected chi connectivity index (χ0v) is 9.53. The summed E-state index contributed by atoms with van der Waals surface area (Å²) in [5.74, 6) is -0.187. The summed E-state index contributed by atoms with van der Waals surface area (Å²) in [5.41, 5.74) is 9.63. The first-order chi connectivity index (χ1) is 7.70. The largest absolute Gasteiger partial charge is 0.469 e. The minimum Gasteiger partial charge on any atom is -0.469 e. The quantitative estimate of drug-likeness (QED) is 0.761. The normalized spacial score (nSPS) is 19.0. The highest BCUT2D eigenvalue weighted by Crippen LogP contribution is 2.24. The fourth-order valence-electron chi connectivity index (χ4n) is 2.28. The lowest BCUT2D eigenvalue weighted by Crippen LogP contribution is -2.29. The first-order valence-electron chi connectivity index (χ1n) is 5.62. The number of nitrogens with two attached hydrogens (primary N) is 1. The van der Waals surface area contributed by atoms with Gasteiger partial charge in [0.2, 0.25) is 0 Å². The van der Waals surface area contributed by atoms with Gasteiger partial charge in [-0.3, -0.25) is 4.79 Å². The summed E-state index contributed by atoms with van der Waals surface area (Å²) < 4.78 is 4.70. The van der Waals surface area contributed by atoms with Crippen molar-refractivity contribution in [3.63, 3.8) is 0 Å². The molecule has 0 aromatic heterocycles. The number of esters is 1. The van der Waals surface area contributed by atoms with E-state index in [1.54, 1.807) is 0 Å². The van der Waals surface area contributed by atoms with Crippen molar-refractivity contribution in [1.29, 1.82) is 0 Å². The molecule has 0 saturated carbocycles. The molecule has 0 saturated heterocycles. The molecule has 0 amide bonds. The molecule has 86 valence electrons. The Balaban J connectivity index is 2.28. The Kier molecular flexibility index (Phi) is 3.25. The van der Waals surface area contributed by atoms with Crippen LogP contribution in [0.1, 0.15) is 23.1 Å². The predicted molar refractivity (Wildman–Crippen MR) is 62.2 cm³/mol. The van der Waals surface area contributed by atoms with Crippen LogP contribution >= 0.6 is 0 Å². The Bertz CT molecular complexity index is 401. The van der Waals surface area contributed by atoms with Gasteiger partial charge in [-0.05, 0) is 36.0 Å². The van der Waals surface area contributed by atoms with Crippen molar-refractivity contribution < 1.29 is 9.53 Å². The SMILES string of the molecule is COC(=O)Cc1cccc2c1CC(N)CC2. The molecule has 1 aliphatic rings. The number of benzene rings is 1. The highest BCUT2D eigenvalue weighted by atomic mass is 16.5. The maximum Gasteiger partial charge on any atom is 0.309 e. The minimum absolute atomic E-state index is 0.187. The van der Waals surface area contributed by atoms with Crippen molar-refractivity contribution in [2.75, 3.05) is 7.11 Å².